The fourth-order valence-electron chi connectivity index (χ4n) is 1.47. The van der Waals surface area contributed by atoms with Gasteiger partial charge in [0.15, 0.2) is 0 Å². The standard InChI is InChI=1S/C9H16O2/c1-4-8-5-11-6-9(8,10)7(2)3/h4,7-8,10H,1,5-6H2,2-3H3/t8-,9+/m1/s1. The van der Waals surface area contributed by atoms with Crippen LogP contribution in [0.5, 0.6) is 0 Å². The average molecular weight is 156 g/mol. The highest BCUT2D eigenvalue weighted by molar-refractivity contribution is 5.01. The molecule has 11 heavy (non-hydrogen) atoms. The third-order valence-electron chi connectivity index (χ3n) is 2.56. The molecule has 1 N–H and O–H groups in total. The van der Waals surface area contributed by atoms with Gasteiger partial charge >= 0.3 is 0 Å². The van der Waals surface area contributed by atoms with E-state index in [0.717, 1.165) is 0 Å². The highest BCUT2D eigenvalue weighted by atomic mass is 16.5. The quantitative estimate of drug-likeness (QED) is 0.609. The van der Waals surface area contributed by atoms with Gasteiger partial charge in [-0.25, -0.2) is 0 Å². The Bertz CT molecular complexity index is 154. The highest BCUT2D eigenvalue weighted by Gasteiger charge is 2.42. The van der Waals surface area contributed by atoms with E-state index in [4.69, 9.17) is 4.74 Å². The topological polar surface area (TPSA) is 29.5 Å². The van der Waals surface area contributed by atoms with Crippen LogP contribution in [0.4, 0.5) is 0 Å². The fraction of sp³-hybridized carbons (Fsp3) is 0.778. The molecule has 0 radical (unpaired) electrons. The molecule has 1 fully saturated rings. The van der Waals surface area contributed by atoms with Crippen molar-refractivity contribution in [1.29, 1.82) is 0 Å². The first-order valence-corrected chi connectivity index (χ1v) is 4.04. The summed E-state index contributed by atoms with van der Waals surface area (Å²) in [6.07, 6.45) is 1.78. The van der Waals surface area contributed by atoms with Gasteiger partial charge in [0.2, 0.25) is 0 Å². The number of ether oxygens (including phenoxy) is 1. The summed E-state index contributed by atoms with van der Waals surface area (Å²) in [5, 5.41) is 10.0. The summed E-state index contributed by atoms with van der Waals surface area (Å²) in [4.78, 5) is 0. The van der Waals surface area contributed by atoms with Crippen molar-refractivity contribution >= 4 is 0 Å². The Balaban J connectivity index is 2.74. The molecule has 0 unspecified atom stereocenters. The minimum atomic E-state index is -0.679. The molecule has 0 aromatic rings. The lowest BCUT2D eigenvalue weighted by molar-refractivity contribution is -0.0288. The number of hydrogen-bond acceptors (Lipinski definition) is 2. The predicted molar refractivity (Wildman–Crippen MR) is 44.3 cm³/mol. The molecule has 64 valence electrons. The van der Waals surface area contributed by atoms with Crippen LogP contribution in [0.25, 0.3) is 0 Å². The van der Waals surface area contributed by atoms with Crippen molar-refractivity contribution in [2.45, 2.75) is 19.4 Å². The molecule has 1 heterocycles. The molecule has 1 aliphatic heterocycles. The second-order valence-corrected chi connectivity index (χ2v) is 3.50. The number of aliphatic hydroxyl groups is 1. The third-order valence-corrected chi connectivity index (χ3v) is 2.56. The lowest BCUT2D eigenvalue weighted by atomic mass is 9.81. The van der Waals surface area contributed by atoms with Crippen molar-refractivity contribution in [2.75, 3.05) is 13.2 Å². The Morgan fingerprint density at radius 3 is 2.73 bits per heavy atom. The summed E-state index contributed by atoms with van der Waals surface area (Å²) in [6.45, 7) is 8.75. The van der Waals surface area contributed by atoms with Crippen molar-refractivity contribution in [3.05, 3.63) is 12.7 Å². The van der Waals surface area contributed by atoms with Gasteiger partial charge in [0.05, 0.1) is 18.8 Å². The van der Waals surface area contributed by atoms with Crippen LogP contribution in [0.15, 0.2) is 12.7 Å². The summed E-state index contributed by atoms with van der Waals surface area (Å²) < 4.78 is 5.20. The van der Waals surface area contributed by atoms with Crippen LogP contribution < -0.4 is 0 Å². The van der Waals surface area contributed by atoms with Crippen LogP contribution in [0.3, 0.4) is 0 Å². The van der Waals surface area contributed by atoms with E-state index in [1.807, 2.05) is 13.8 Å². The predicted octanol–water partition coefficient (Wildman–Crippen LogP) is 1.21. The van der Waals surface area contributed by atoms with Gasteiger partial charge in [0.25, 0.3) is 0 Å². The average Bonchev–Trinajstić information content (AvgIpc) is 2.32. The van der Waals surface area contributed by atoms with Crippen LogP contribution in [-0.2, 0) is 4.74 Å². The van der Waals surface area contributed by atoms with Gasteiger partial charge in [0, 0.05) is 5.92 Å². The third kappa shape index (κ3) is 1.33. The summed E-state index contributed by atoms with van der Waals surface area (Å²) in [7, 11) is 0. The lowest BCUT2D eigenvalue weighted by Crippen LogP contribution is -2.41. The van der Waals surface area contributed by atoms with Gasteiger partial charge < -0.3 is 9.84 Å². The van der Waals surface area contributed by atoms with Crippen LogP contribution in [0, 0.1) is 11.8 Å². The first-order valence-electron chi connectivity index (χ1n) is 4.04. The second kappa shape index (κ2) is 2.95. The maximum atomic E-state index is 10.0. The van der Waals surface area contributed by atoms with Gasteiger partial charge in [-0.15, -0.1) is 6.58 Å². The molecule has 0 spiro atoms. The summed E-state index contributed by atoms with van der Waals surface area (Å²) in [5.41, 5.74) is -0.679. The normalized spacial score (nSPS) is 38.0. The molecule has 0 amide bonds. The molecule has 1 rings (SSSR count). The molecule has 0 aliphatic carbocycles. The first kappa shape index (κ1) is 8.75. The fourth-order valence-corrected chi connectivity index (χ4v) is 1.47. The van der Waals surface area contributed by atoms with E-state index in [0.29, 0.717) is 13.2 Å². The zero-order valence-electron chi connectivity index (χ0n) is 7.21. The first-order chi connectivity index (χ1) is 5.11. The van der Waals surface area contributed by atoms with Gasteiger partial charge in [0.1, 0.15) is 0 Å². The van der Waals surface area contributed by atoms with E-state index in [2.05, 4.69) is 6.58 Å². The number of rotatable bonds is 2. The van der Waals surface area contributed by atoms with E-state index in [-0.39, 0.29) is 11.8 Å². The largest absolute Gasteiger partial charge is 0.387 e. The van der Waals surface area contributed by atoms with Gasteiger partial charge in [-0.1, -0.05) is 19.9 Å². The van der Waals surface area contributed by atoms with Crippen LogP contribution in [0.2, 0.25) is 0 Å². The highest BCUT2D eigenvalue weighted by Crippen LogP contribution is 2.32. The minimum Gasteiger partial charge on any atom is -0.387 e. The van der Waals surface area contributed by atoms with Crippen LogP contribution >= 0.6 is 0 Å². The zero-order chi connectivity index (χ0) is 8.48. The Labute approximate surface area is 67.9 Å². The SMILES string of the molecule is C=C[C@@H]1COC[C@]1(O)C(C)C. The summed E-state index contributed by atoms with van der Waals surface area (Å²) in [6, 6.07) is 0. The molecule has 2 atom stereocenters. The molecule has 0 bridgehead atoms. The van der Waals surface area contributed by atoms with Crippen LogP contribution in [0.1, 0.15) is 13.8 Å². The molecular formula is C9H16O2. The van der Waals surface area contributed by atoms with Crippen LogP contribution in [-0.4, -0.2) is 23.9 Å². The molecule has 0 aromatic carbocycles. The second-order valence-electron chi connectivity index (χ2n) is 3.50. The monoisotopic (exact) mass is 156 g/mol. The Hall–Kier alpha value is -0.340. The van der Waals surface area contributed by atoms with Crippen molar-refractivity contribution < 1.29 is 9.84 Å². The smallest absolute Gasteiger partial charge is 0.0986 e. The molecule has 0 aromatic heterocycles. The Kier molecular flexibility index (Phi) is 2.35. The van der Waals surface area contributed by atoms with E-state index >= 15 is 0 Å². The van der Waals surface area contributed by atoms with Gasteiger partial charge in [-0.05, 0) is 5.92 Å². The zero-order valence-corrected chi connectivity index (χ0v) is 7.21. The molecule has 2 nitrogen and oxygen atoms in total. The Morgan fingerprint density at radius 1 is 1.73 bits per heavy atom. The van der Waals surface area contributed by atoms with E-state index in [1.54, 1.807) is 6.08 Å². The van der Waals surface area contributed by atoms with E-state index < -0.39 is 5.60 Å². The van der Waals surface area contributed by atoms with Gasteiger partial charge in [-0.2, -0.15) is 0 Å². The van der Waals surface area contributed by atoms with Crippen molar-refractivity contribution in [1.82, 2.24) is 0 Å². The molecular weight excluding hydrogens is 140 g/mol. The van der Waals surface area contributed by atoms with Crippen molar-refractivity contribution in [3.63, 3.8) is 0 Å². The van der Waals surface area contributed by atoms with Gasteiger partial charge in [-0.3, -0.25) is 0 Å². The maximum Gasteiger partial charge on any atom is 0.0986 e. The molecule has 1 saturated heterocycles. The minimum absolute atomic E-state index is 0.0995. The maximum absolute atomic E-state index is 10.0. The summed E-state index contributed by atoms with van der Waals surface area (Å²) >= 11 is 0. The van der Waals surface area contributed by atoms with Crippen molar-refractivity contribution in [2.24, 2.45) is 11.8 Å². The molecule has 0 saturated carbocycles. The lowest BCUT2D eigenvalue weighted by Gasteiger charge is -2.30. The molecule has 1 aliphatic rings. The number of hydrogen-bond donors (Lipinski definition) is 1. The van der Waals surface area contributed by atoms with Crippen molar-refractivity contribution in [3.8, 4) is 0 Å². The molecule has 2 heteroatoms. The summed E-state index contributed by atoms with van der Waals surface area (Å²) in [5.74, 6) is 0.329. The van der Waals surface area contributed by atoms with E-state index in [9.17, 15) is 5.11 Å². The Morgan fingerprint density at radius 2 is 2.36 bits per heavy atom. The van der Waals surface area contributed by atoms with E-state index in [1.165, 1.54) is 0 Å².